The summed E-state index contributed by atoms with van der Waals surface area (Å²) in [6.07, 6.45) is 4.98. The fraction of sp³-hybridized carbons (Fsp3) is 0.667. The lowest BCUT2D eigenvalue weighted by Gasteiger charge is -2.48. The number of hydrogen-bond acceptors (Lipinski definition) is 2. The first-order chi connectivity index (χ1) is 9.35. The van der Waals surface area contributed by atoms with Crippen molar-refractivity contribution in [1.29, 1.82) is 0 Å². The number of likely N-dealkylation sites (N-methyl/N-ethyl adjacent to an activating group) is 1. The van der Waals surface area contributed by atoms with Crippen LogP contribution in [0.5, 0.6) is 0 Å². The Bertz CT molecular complexity index is 436. The highest BCUT2D eigenvalue weighted by atomic mass is 15.2. The summed E-state index contributed by atoms with van der Waals surface area (Å²) in [6, 6.07) is 6.85. The summed E-state index contributed by atoms with van der Waals surface area (Å²) in [6.45, 7) is 6.69. The van der Waals surface area contributed by atoms with Crippen LogP contribution in [0.1, 0.15) is 55.3 Å². The van der Waals surface area contributed by atoms with Crippen LogP contribution in [0.25, 0.3) is 0 Å². The van der Waals surface area contributed by atoms with E-state index < -0.39 is 0 Å². The van der Waals surface area contributed by atoms with Crippen molar-refractivity contribution in [2.75, 3.05) is 14.1 Å². The molecule has 112 valence electrons. The third-order valence-electron chi connectivity index (χ3n) is 5.21. The molecule has 1 aliphatic rings. The van der Waals surface area contributed by atoms with Crippen molar-refractivity contribution in [2.45, 2.75) is 58.0 Å². The molecule has 0 aliphatic heterocycles. The first-order valence-corrected chi connectivity index (χ1v) is 7.86. The summed E-state index contributed by atoms with van der Waals surface area (Å²) in [5, 5.41) is 0. The van der Waals surface area contributed by atoms with Gasteiger partial charge in [0.2, 0.25) is 0 Å². The molecule has 0 heterocycles. The molecule has 0 spiro atoms. The maximum atomic E-state index is 6.75. The summed E-state index contributed by atoms with van der Waals surface area (Å²) < 4.78 is 0. The molecule has 0 amide bonds. The van der Waals surface area contributed by atoms with Crippen LogP contribution in [0.3, 0.4) is 0 Å². The molecule has 1 aromatic rings. The lowest BCUT2D eigenvalue weighted by molar-refractivity contribution is 0.0564. The van der Waals surface area contributed by atoms with Gasteiger partial charge in [0.05, 0.1) is 0 Å². The summed E-state index contributed by atoms with van der Waals surface area (Å²) in [5.41, 5.74) is 10.8. The highest BCUT2D eigenvalue weighted by molar-refractivity contribution is 5.32. The Kier molecular flexibility index (Phi) is 4.55. The third kappa shape index (κ3) is 2.91. The zero-order chi connectivity index (χ0) is 14.9. The number of rotatable bonds is 3. The molecule has 0 saturated heterocycles. The average molecular weight is 274 g/mol. The number of benzene rings is 1. The fourth-order valence-electron chi connectivity index (χ4n) is 3.80. The molecule has 1 unspecified atom stereocenters. The molecular weight excluding hydrogens is 244 g/mol. The monoisotopic (exact) mass is 274 g/mol. The van der Waals surface area contributed by atoms with Gasteiger partial charge in [-0.05, 0) is 65.1 Å². The quantitative estimate of drug-likeness (QED) is 0.908. The second kappa shape index (κ2) is 5.87. The van der Waals surface area contributed by atoms with Gasteiger partial charge in [0.25, 0.3) is 0 Å². The Morgan fingerprint density at radius 1 is 1.10 bits per heavy atom. The van der Waals surface area contributed by atoms with Gasteiger partial charge in [-0.25, -0.2) is 0 Å². The van der Waals surface area contributed by atoms with E-state index in [1.54, 1.807) is 0 Å². The number of hydrogen-bond donors (Lipinski definition) is 1. The second-order valence-corrected chi connectivity index (χ2v) is 7.08. The predicted molar refractivity (Wildman–Crippen MR) is 86.9 cm³/mol. The SMILES string of the molecule is Cc1cc(C)cc(C(N)C2(N(C)C)CCC(C)CC2)c1. The van der Waals surface area contributed by atoms with E-state index in [4.69, 9.17) is 5.73 Å². The molecule has 1 atom stereocenters. The second-order valence-electron chi connectivity index (χ2n) is 7.08. The Morgan fingerprint density at radius 2 is 1.60 bits per heavy atom. The van der Waals surface area contributed by atoms with E-state index in [1.165, 1.54) is 42.4 Å². The highest BCUT2D eigenvalue weighted by Crippen LogP contribution is 2.42. The molecule has 2 heteroatoms. The molecule has 2 nitrogen and oxygen atoms in total. The molecule has 1 saturated carbocycles. The molecule has 20 heavy (non-hydrogen) atoms. The minimum absolute atomic E-state index is 0.101. The highest BCUT2D eigenvalue weighted by Gasteiger charge is 2.42. The van der Waals surface area contributed by atoms with E-state index in [0.29, 0.717) is 0 Å². The zero-order valence-electron chi connectivity index (χ0n) is 13.7. The molecule has 1 aliphatic carbocycles. The van der Waals surface area contributed by atoms with Gasteiger partial charge in [-0.15, -0.1) is 0 Å². The Balaban J connectivity index is 2.34. The van der Waals surface area contributed by atoms with Crippen LogP contribution < -0.4 is 5.73 Å². The standard InChI is InChI=1S/C18H30N2/c1-13-6-8-18(9-7-13,20(4)5)17(19)16-11-14(2)10-15(3)12-16/h10-13,17H,6-9,19H2,1-5H3. The van der Waals surface area contributed by atoms with Crippen LogP contribution in [0.2, 0.25) is 0 Å². The van der Waals surface area contributed by atoms with E-state index in [1.807, 2.05) is 0 Å². The van der Waals surface area contributed by atoms with Crippen molar-refractivity contribution < 1.29 is 0 Å². The summed E-state index contributed by atoms with van der Waals surface area (Å²) in [7, 11) is 4.39. The largest absolute Gasteiger partial charge is 0.322 e. The van der Waals surface area contributed by atoms with Crippen molar-refractivity contribution in [3.8, 4) is 0 Å². The van der Waals surface area contributed by atoms with Gasteiger partial charge >= 0.3 is 0 Å². The van der Waals surface area contributed by atoms with Crippen LogP contribution >= 0.6 is 0 Å². The summed E-state index contributed by atoms with van der Waals surface area (Å²) >= 11 is 0. The normalized spacial score (nSPS) is 28.6. The van der Waals surface area contributed by atoms with Crippen LogP contribution in [-0.4, -0.2) is 24.5 Å². The Labute approximate surface area is 124 Å². The first-order valence-electron chi connectivity index (χ1n) is 7.86. The van der Waals surface area contributed by atoms with Gasteiger partial charge in [-0.1, -0.05) is 36.2 Å². The Morgan fingerprint density at radius 3 is 2.05 bits per heavy atom. The summed E-state index contributed by atoms with van der Waals surface area (Å²) in [4.78, 5) is 2.38. The molecule has 2 rings (SSSR count). The first kappa shape index (κ1) is 15.5. The van der Waals surface area contributed by atoms with E-state index in [2.05, 4.69) is 58.0 Å². The molecule has 0 radical (unpaired) electrons. The predicted octanol–water partition coefficient (Wildman–Crippen LogP) is 3.81. The van der Waals surface area contributed by atoms with Gasteiger partial charge in [0.1, 0.15) is 0 Å². The lowest BCUT2D eigenvalue weighted by atomic mass is 9.70. The topological polar surface area (TPSA) is 29.3 Å². The van der Waals surface area contributed by atoms with Gasteiger partial charge in [-0.3, -0.25) is 0 Å². The van der Waals surface area contributed by atoms with Crippen molar-refractivity contribution in [1.82, 2.24) is 4.90 Å². The van der Waals surface area contributed by atoms with E-state index in [9.17, 15) is 0 Å². The van der Waals surface area contributed by atoms with Crippen LogP contribution in [-0.2, 0) is 0 Å². The molecule has 1 aromatic carbocycles. The van der Waals surface area contributed by atoms with Crippen LogP contribution in [0, 0.1) is 19.8 Å². The number of nitrogens with zero attached hydrogens (tertiary/aromatic N) is 1. The van der Waals surface area contributed by atoms with Crippen molar-refractivity contribution in [3.63, 3.8) is 0 Å². The lowest BCUT2D eigenvalue weighted by Crippen LogP contribution is -2.54. The van der Waals surface area contributed by atoms with E-state index in [0.717, 1.165) is 5.92 Å². The molecule has 0 aromatic heterocycles. The third-order valence-corrected chi connectivity index (χ3v) is 5.21. The van der Waals surface area contributed by atoms with Crippen molar-refractivity contribution >= 4 is 0 Å². The van der Waals surface area contributed by atoms with Crippen molar-refractivity contribution in [2.24, 2.45) is 11.7 Å². The van der Waals surface area contributed by atoms with Gasteiger partial charge < -0.3 is 10.6 Å². The Hall–Kier alpha value is -0.860. The van der Waals surface area contributed by atoms with Gasteiger partial charge in [0, 0.05) is 11.6 Å². The number of aryl methyl sites for hydroxylation is 2. The van der Waals surface area contributed by atoms with Crippen molar-refractivity contribution in [3.05, 3.63) is 34.9 Å². The smallest absolute Gasteiger partial charge is 0.0482 e. The molecular formula is C18H30N2. The molecule has 2 N–H and O–H groups in total. The van der Waals surface area contributed by atoms with Crippen LogP contribution in [0.4, 0.5) is 0 Å². The van der Waals surface area contributed by atoms with Crippen LogP contribution in [0.15, 0.2) is 18.2 Å². The van der Waals surface area contributed by atoms with Gasteiger partial charge in [-0.2, -0.15) is 0 Å². The molecule has 0 bridgehead atoms. The zero-order valence-corrected chi connectivity index (χ0v) is 13.7. The maximum Gasteiger partial charge on any atom is 0.0482 e. The fourth-order valence-corrected chi connectivity index (χ4v) is 3.80. The average Bonchev–Trinajstić information content (AvgIpc) is 2.37. The van der Waals surface area contributed by atoms with E-state index in [-0.39, 0.29) is 11.6 Å². The summed E-state index contributed by atoms with van der Waals surface area (Å²) in [5.74, 6) is 0.842. The maximum absolute atomic E-state index is 6.75. The minimum atomic E-state index is 0.101. The van der Waals surface area contributed by atoms with E-state index >= 15 is 0 Å². The van der Waals surface area contributed by atoms with Gasteiger partial charge in [0.15, 0.2) is 0 Å². The minimum Gasteiger partial charge on any atom is -0.322 e. The number of nitrogens with two attached hydrogens (primary N) is 1. The molecule has 1 fully saturated rings.